The molecule has 0 saturated carbocycles. The third kappa shape index (κ3) is 3.83. The van der Waals surface area contributed by atoms with Crippen LogP contribution in [0.5, 0.6) is 0 Å². The molecule has 0 aliphatic carbocycles. The first-order valence-electron chi connectivity index (χ1n) is 5.25. The van der Waals surface area contributed by atoms with Crippen molar-refractivity contribution in [2.75, 3.05) is 13.7 Å². The van der Waals surface area contributed by atoms with Crippen LogP contribution in [0.4, 0.5) is 0 Å². The zero-order chi connectivity index (χ0) is 12.8. The van der Waals surface area contributed by atoms with Crippen LogP contribution in [0.25, 0.3) is 0 Å². The molecule has 1 rings (SSSR count). The summed E-state index contributed by atoms with van der Waals surface area (Å²) in [6.07, 6.45) is 0.903. The van der Waals surface area contributed by atoms with Gasteiger partial charge in [0.1, 0.15) is 6.61 Å². The summed E-state index contributed by atoms with van der Waals surface area (Å²) < 4.78 is 4.62. The summed E-state index contributed by atoms with van der Waals surface area (Å²) in [4.78, 5) is 24.5. The van der Waals surface area contributed by atoms with Gasteiger partial charge in [-0.15, -0.1) is 11.3 Å². The summed E-state index contributed by atoms with van der Waals surface area (Å²) in [5, 5.41) is 0. The number of ether oxygens (including phenoxy) is 1. The van der Waals surface area contributed by atoms with E-state index >= 15 is 0 Å². The summed E-state index contributed by atoms with van der Waals surface area (Å²) in [6.45, 7) is 3.93. The van der Waals surface area contributed by atoms with E-state index in [0.717, 1.165) is 12.0 Å². The van der Waals surface area contributed by atoms with Crippen LogP contribution in [0, 0.1) is 6.92 Å². The molecule has 0 aliphatic heterocycles. The predicted molar refractivity (Wildman–Crippen MR) is 65.9 cm³/mol. The first kappa shape index (κ1) is 13.7. The van der Waals surface area contributed by atoms with Crippen molar-refractivity contribution in [2.45, 2.75) is 20.3 Å². The van der Waals surface area contributed by atoms with E-state index in [1.807, 2.05) is 19.9 Å². The Morgan fingerprint density at radius 1 is 1.41 bits per heavy atom. The second-order valence-electron chi connectivity index (χ2n) is 3.51. The number of carbonyl (C=O) groups excluding carboxylic acids is 2. The largest absolute Gasteiger partial charge is 0.375 e. The van der Waals surface area contributed by atoms with E-state index in [9.17, 15) is 9.59 Å². The van der Waals surface area contributed by atoms with Gasteiger partial charge < -0.3 is 4.74 Å². The van der Waals surface area contributed by atoms with E-state index in [-0.39, 0.29) is 18.4 Å². The number of amides is 2. The maximum absolute atomic E-state index is 11.7. The van der Waals surface area contributed by atoms with E-state index in [1.165, 1.54) is 23.3 Å². The van der Waals surface area contributed by atoms with Gasteiger partial charge in [0.25, 0.3) is 11.8 Å². The zero-order valence-electron chi connectivity index (χ0n) is 10.1. The van der Waals surface area contributed by atoms with Gasteiger partial charge in [0.05, 0.1) is 4.88 Å². The van der Waals surface area contributed by atoms with Crippen LogP contribution in [0.15, 0.2) is 6.07 Å². The zero-order valence-corrected chi connectivity index (χ0v) is 10.9. The molecule has 2 N–H and O–H groups in total. The molecule has 0 atom stereocenters. The molecule has 0 spiro atoms. The summed E-state index contributed by atoms with van der Waals surface area (Å²) in [6, 6.07) is 1.82. The molecule has 0 unspecified atom stereocenters. The Balaban J connectivity index is 2.55. The second kappa shape index (κ2) is 6.36. The van der Waals surface area contributed by atoms with Gasteiger partial charge in [-0.25, -0.2) is 0 Å². The number of nitrogens with one attached hydrogen (secondary N) is 2. The van der Waals surface area contributed by atoms with Crippen LogP contribution in [0.1, 0.15) is 27.0 Å². The number of methoxy groups -OCH3 is 1. The number of aryl methyl sites for hydroxylation is 2. The fourth-order valence-corrected chi connectivity index (χ4v) is 2.35. The highest BCUT2D eigenvalue weighted by atomic mass is 32.1. The Morgan fingerprint density at radius 3 is 2.65 bits per heavy atom. The maximum atomic E-state index is 11.7. The summed E-state index contributed by atoms with van der Waals surface area (Å²) in [5.41, 5.74) is 5.71. The van der Waals surface area contributed by atoms with Crippen molar-refractivity contribution in [3.05, 3.63) is 21.4 Å². The number of rotatable bonds is 4. The molecule has 0 fully saturated rings. The highest BCUT2D eigenvalue weighted by molar-refractivity contribution is 7.14. The van der Waals surface area contributed by atoms with E-state index in [4.69, 9.17) is 0 Å². The van der Waals surface area contributed by atoms with E-state index in [2.05, 4.69) is 15.6 Å². The minimum absolute atomic E-state index is 0.0794. The van der Waals surface area contributed by atoms with Crippen LogP contribution in [-0.2, 0) is 16.0 Å². The standard InChI is InChI=1S/C11H16N2O3S/c1-4-8-7(2)5-9(17-8)11(15)13-12-10(14)6-16-3/h5H,4,6H2,1-3H3,(H,12,14)(H,13,15). The molecule has 5 nitrogen and oxygen atoms in total. The van der Waals surface area contributed by atoms with Crippen LogP contribution >= 0.6 is 11.3 Å². The topological polar surface area (TPSA) is 67.4 Å². The van der Waals surface area contributed by atoms with Gasteiger partial charge in [0, 0.05) is 12.0 Å². The average Bonchev–Trinajstić information content (AvgIpc) is 2.68. The highest BCUT2D eigenvalue weighted by Crippen LogP contribution is 2.21. The molecule has 2 amide bonds. The van der Waals surface area contributed by atoms with E-state index in [0.29, 0.717) is 4.88 Å². The van der Waals surface area contributed by atoms with Crippen LogP contribution in [0.2, 0.25) is 0 Å². The molecule has 17 heavy (non-hydrogen) atoms. The number of carbonyl (C=O) groups is 2. The third-order valence-corrected chi connectivity index (χ3v) is 3.54. The molecule has 1 heterocycles. The minimum Gasteiger partial charge on any atom is -0.375 e. The predicted octanol–water partition coefficient (Wildman–Crippen LogP) is 1.03. The lowest BCUT2D eigenvalue weighted by Gasteiger charge is -2.04. The number of hydrogen-bond donors (Lipinski definition) is 2. The first-order valence-corrected chi connectivity index (χ1v) is 6.07. The van der Waals surface area contributed by atoms with Crippen LogP contribution in [0.3, 0.4) is 0 Å². The fourth-order valence-electron chi connectivity index (χ4n) is 1.34. The molecule has 1 aromatic rings. The first-order chi connectivity index (χ1) is 8.08. The van der Waals surface area contributed by atoms with Crippen molar-refractivity contribution < 1.29 is 14.3 Å². The number of hydrazine groups is 1. The SMILES string of the molecule is CCc1sc(C(=O)NNC(=O)COC)cc1C. The van der Waals surface area contributed by atoms with Gasteiger partial charge in [0.15, 0.2) is 0 Å². The van der Waals surface area contributed by atoms with Crippen molar-refractivity contribution in [3.8, 4) is 0 Å². The molecule has 6 heteroatoms. The Bertz CT molecular complexity index is 415. The van der Waals surface area contributed by atoms with E-state index in [1.54, 1.807) is 0 Å². The lowest BCUT2D eigenvalue weighted by atomic mass is 10.2. The van der Waals surface area contributed by atoms with Crippen molar-refractivity contribution in [3.63, 3.8) is 0 Å². The van der Waals surface area contributed by atoms with Crippen molar-refractivity contribution in [1.29, 1.82) is 0 Å². The number of hydrogen-bond acceptors (Lipinski definition) is 4. The lowest BCUT2D eigenvalue weighted by Crippen LogP contribution is -2.42. The smallest absolute Gasteiger partial charge is 0.279 e. The maximum Gasteiger partial charge on any atom is 0.279 e. The van der Waals surface area contributed by atoms with Crippen molar-refractivity contribution in [1.82, 2.24) is 10.9 Å². The summed E-state index contributed by atoms with van der Waals surface area (Å²) in [5.74, 6) is -0.688. The monoisotopic (exact) mass is 256 g/mol. The Morgan fingerprint density at radius 2 is 2.12 bits per heavy atom. The molecule has 0 bridgehead atoms. The van der Waals surface area contributed by atoms with Gasteiger partial charge >= 0.3 is 0 Å². The van der Waals surface area contributed by atoms with Gasteiger partial charge in [-0.2, -0.15) is 0 Å². The third-order valence-electron chi connectivity index (χ3n) is 2.16. The Labute approximate surface area is 104 Å². The Kier molecular flexibility index (Phi) is 5.11. The number of thiophene rings is 1. The molecule has 0 aromatic carbocycles. The van der Waals surface area contributed by atoms with Crippen molar-refractivity contribution in [2.24, 2.45) is 0 Å². The summed E-state index contributed by atoms with van der Waals surface area (Å²) >= 11 is 1.44. The van der Waals surface area contributed by atoms with E-state index < -0.39 is 0 Å². The molecule has 0 radical (unpaired) electrons. The second-order valence-corrected chi connectivity index (χ2v) is 4.64. The molecule has 0 aliphatic rings. The lowest BCUT2D eigenvalue weighted by molar-refractivity contribution is -0.125. The molecule has 94 valence electrons. The molecular formula is C11H16N2O3S. The molecule has 1 aromatic heterocycles. The highest BCUT2D eigenvalue weighted by Gasteiger charge is 2.12. The van der Waals surface area contributed by atoms with Gasteiger partial charge in [-0.1, -0.05) is 6.92 Å². The molecule has 0 saturated heterocycles. The van der Waals surface area contributed by atoms with Gasteiger partial charge in [-0.3, -0.25) is 20.4 Å². The fraction of sp³-hybridized carbons (Fsp3) is 0.455. The van der Waals surface area contributed by atoms with Crippen LogP contribution < -0.4 is 10.9 Å². The van der Waals surface area contributed by atoms with Gasteiger partial charge in [0.2, 0.25) is 0 Å². The Hall–Kier alpha value is -1.40. The normalized spacial score (nSPS) is 10.1. The molecular weight excluding hydrogens is 240 g/mol. The van der Waals surface area contributed by atoms with Gasteiger partial charge in [-0.05, 0) is 25.0 Å². The summed E-state index contributed by atoms with van der Waals surface area (Å²) in [7, 11) is 1.41. The minimum atomic E-state index is -0.384. The average molecular weight is 256 g/mol. The van der Waals surface area contributed by atoms with Crippen molar-refractivity contribution >= 4 is 23.2 Å². The van der Waals surface area contributed by atoms with Crippen LogP contribution in [-0.4, -0.2) is 25.5 Å². The quantitative estimate of drug-likeness (QED) is 0.791.